The smallest absolute Gasteiger partial charge is 0.223 e. The molecule has 1 heterocycles. The van der Waals surface area contributed by atoms with Gasteiger partial charge in [0.2, 0.25) is 5.95 Å². The molecular formula is C13H23N3S. The van der Waals surface area contributed by atoms with Gasteiger partial charge in [-0.15, -0.1) is 11.8 Å². The molecule has 0 saturated heterocycles. The van der Waals surface area contributed by atoms with Crippen LogP contribution < -0.4 is 5.32 Å². The van der Waals surface area contributed by atoms with Crippen LogP contribution in [0.3, 0.4) is 0 Å². The molecule has 4 heteroatoms. The number of thioether (sulfide) groups is 1. The van der Waals surface area contributed by atoms with Crippen LogP contribution in [0, 0.1) is 12.8 Å². The number of nitrogens with one attached hydrogen (secondary N) is 1. The average Bonchev–Trinajstić information content (AvgIpc) is 2.32. The van der Waals surface area contributed by atoms with E-state index < -0.39 is 0 Å². The van der Waals surface area contributed by atoms with Crippen LogP contribution in [-0.4, -0.2) is 22.3 Å². The summed E-state index contributed by atoms with van der Waals surface area (Å²) >= 11 is 1.82. The number of hydrogen-bond donors (Lipinski definition) is 1. The number of aryl methyl sites for hydroxylation is 1. The maximum absolute atomic E-state index is 4.52. The summed E-state index contributed by atoms with van der Waals surface area (Å²) in [6, 6.07) is 2.06. The molecule has 0 spiro atoms. The van der Waals surface area contributed by atoms with Gasteiger partial charge in [0.05, 0.1) is 0 Å². The molecule has 17 heavy (non-hydrogen) atoms. The van der Waals surface area contributed by atoms with Crippen LogP contribution in [0.5, 0.6) is 0 Å². The summed E-state index contributed by atoms with van der Waals surface area (Å²) in [5.74, 6) is 2.63. The summed E-state index contributed by atoms with van der Waals surface area (Å²) in [6.45, 7) is 9.59. The van der Waals surface area contributed by atoms with Crippen molar-refractivity contribution in [3.05, 3.63) is 11.8 Å². The zero-order valence-corrected chi connectivity index (χ0v) is 12.1. The predicted molar refractivity (Wildman–Crippen MR) is 75.7 cm³/mol. The molecule has 0 aliphatic carbocycles. The fraction of sp³-hybridized carbons (Fsp3) is 0.692. The first-order valence-electron chi connectivity index (χ1n) is 6.38. The van der Waals surface area contributed by atoms with Crippen molar-refractivity contribution in [2.75, 3.05) is 17.6 Å². The third kappa shape index (κ3) is 5.39. The van der Waals surface area contributed by atoms with E-state index in [1.807, 2.05) is 18.7 Å². The molecule has 1 aromatic heterocycles. The van der Waals surface area contributed by atoms with Crippen molar-refractivity contribution in [2.24, 2.45) is 5.92 Å². The molecule has 0 amide bonds. The Hall–Kier alpha value is -0.770. The fourth-order valence-electron chi connectivity index (χ4n) is 1.27. The second-order valence-corrected chi connectivity index (χ2v) is 5.46. The second kappa shape index (κ2) is 7.54. The number of aromatic nitrogens is 2. The van der Waals surface area contributed by atoms with Crippen LogP contribution in [0.25, 0.3) is 0 Å². The van der Waals surface area contributed by atoms with Gasteiger partial charge < -0.3 is 5.32 Å². The van der Waals surface area contributed by atoms with Gasteiger partial charge in [0.25, 0.3) is 0 Å². The molecule has 1 unspecified atom stereocenters. The Labute approximate surface area is 109 Å². The van der Waals surface area contributed by atoms with Gasteiger partial charge in [-0.05, 0) is 25.3 Å². The molecule has 0 aliphatic heterocycles. The maximum atomic E-state index is 4.52. The molecule has 0 aromatic carbocycles. The lowest BCUT2D eigenvalue weighted by Gasteiger charge is -2.09. The van der Waals surface area contributed by atoms with E-state index in [1.54, 1.807) is 0 Å². The van der Waals surface area contributed by atoms with Gasteiger partial charge >= 0.3 is 0 Å². The molecule has 0 aliphatic rings. The van der Waals surface area contributed by atoms with Crippen molar-refractivity contribution >= 4 is 17.7 Å². The van der Waals surface area contributed by atoms with Gasteiger partial charge in [-0.2, -0.15) is 0 Å². The number of anilines is 1. The summed E-state index contributed by atoms with van der Waals surface area (Å²) < 4.78 is 0. The van der Waals surface area contributed by atoms with E-state index >= 15 is 0 Å². The average molecular weight is 253 g/mol. The van der Waals surface area contributed by atoms with Gasteiger partial charge in [0.15, 0.2) is 0 Å². The summed E-state index contributed by atoms with van der Waals surface area (Å²) in [4.78, 5) is 8.90. The minimum Gasteiger partial charge on any atom is -0.354 e. The molecule has 96 valence electrons. The molecule has 0 bridgehead atoms. The van der Waals surface area contributed by atoms with E-state index in [9.17, 15) is 0 Å². The van der Waals surface area contributed by atoms with Gasteiger partial charge in [0.1, 0.15) is 5.03 Å². The molecule has 0 fully saturated rings. The van der Waals surface area contributed by atoms with E-state index in [0.29, 0.717) is 0 Å². The summed E-state index contributed by atoms with van der Waals surface area (Å²) in [5.41, 5.74) is 1.03. The highest BCUT2D eigenvalue weighted by molar-refractivity contribution is 7.99. The zero-order valence-electron chi connectivity index (χ0n) is 11.3. The van der Waals surface area contributed by atoms with Crippen molar-refractivity contribution in [1.29, 1.82) is 0 Å². The van der Waals surface area contributed by atoms with Crippen LogP contribution in [0.1, 0.15) is 39.3 Å². The first kappa shape index (κ1) is 14.3. The fourth-order valence-corrected chi connectivity index (χ4v) is 2.37. The normalized spacial score (nSPS) is 12.5. The van der Waals surface area contributed by atoms with E-state index in [-0.39, 0.29) is 0 Å². The van der Waals surface area contributed by atoms with Gasteiger partial charge in [0, 0.05) is 18.0 Å². The maximum Gasteiger partial charge on any atom is 0.223 e. The Morgan fingerprint density at radius 3 is 2.76 bits per heavy atom. The Morgan fingerprint density at radius 1 is 1.35 bits per heavy atom. The molecule has 1 aromatic rings. The van der Waals surface area contributed by atoms with Gasteiger partial charge in [-0.1, -0.05) is 27.2 Å². The molecule has 0 saturated carbocycles. The topological polar surface area (TPSA) is 37.8 Å². The Balaban J connectivity index is 2.61. The minimum atomic E-state index is 0.738. The predicted octanol–water partition coefficient (Wildman–Crippen LogP) is 3.75. The minimum absolute atomic E-state index is 0.738. The standard InChI is InChI=1S/C13H23N3S/c1-5-7-14-13-15-11(4)8-12(16-13)17-9-10(3)6-2/h8,10H,5-7,9H2,1-4H3,(H,14,15,16). The van der Waals surface area contributed by atoms with Crippen LogP contribution in [0.15, 0.2) is 11.1 Å². The molecule has 3 nitrogen and oxygen atoms in total. The molecule has 0 radical (unpaired) electrons. The van der Waals surface area contributed by atoms with Crippen molar-refractivity contribution < 1.29 is 0 Å². The second-order valence-electron chi connectivity index (χ2n) is 4.42. The lowest BCUT2D eigenvalue weighted by atomic mass is 10.2. The van der Waals surface area contributed by atoms with Crippen LogP contribution >= 0.6 is 11.8 Å². The quantitative estimate of drug-likeness (QED) is 0.593. The third-order valence-electron chi connectivity index (χ3n) is 2.58. The first-order valence-corrected chi connectivity index (χ1v) is 7.36. The van der Waals surface area contributed by atoms with Gasteiger partial charge in [-0.25, -0.2) is 9.97 Å². The van der Waals surface area contributed by atoms with Crippen LogP contribution in [0.2, 0.25) is 0 Å². The molecule has 1 N–H and O–H groups in total. The van der Waals surface area contributed by atoms with Crippen molar-refractivity contribution in [1.82, 2.24) is 9.97 Å². The highest BCUT2D eigenvalue weighted by atomic mass is 32.2. The summed E-state index contributed by atoms with van der Waals surface area (Å²) in [6.07, 6.45) is 2.31. The number of nitrogens with zero attached hydrogens (tertiary/aromatic N) is 2. The van der Waals surface area contributed by atoms with Crippen LogP contribution in [-0.2, 0) is 0 Å². The number of rotatable bonds is 7. The third-order valence-corrected chi connectivity index (χ3v) is 3.82. The van der Waals surface area contributed by atoms with E-state index in [4.69, 9.17) is 0 Å². The largest absolute Gasteiger partial charge is 0.354 e. The van der Waals surface area contributed by atoms with Gasteiger partial charge in [-0.3, -0.25) is 0 Å². The molecule has 1 rings (SSSR count). The van der Waals surface area contributed by atoms with Crippen molar-refractivity contribution in [3.8, 4) is 0 Å². The first-order chi connectivity index (χ1) is 8.15. The lowest BCUT2D eigenvalue weighted by molar-refractivity contribution is 0.636. The Bertz CT molecular complexity index is 341. The van der Waals surface area contributed by atoms with Crippen molar-refractivity contribution in [3.63, 3.8) is 0 Å². The lowest BCUT2D eigenvalue weighted by Crippen LogP contribution is -2.06. The molecular weight excluding hydrogens is 230 g/mol. The molecule has 1 atom stereocenters. The summed E-state index contributed by atoms with van der Waals surface area (Å²) in [7, 11) is 0. The Kier molecular flexibility index (Phi) is 6.34. The highest BCUT2D eigenvalue weighted by Crippen LogP contribution is 2.21. The summed E-state index contributed by atoms with van der Waals surface area (Å²) in [5, 5.41) is 4.32. The van der Waals surface area contributed by atoms with E-state index in [0.717, 1.165) is 41.3 Å². The SMILES string of the molecule is CCCNc1nc(C)cc(SCC(C)CC)n1. The monoisotopic (exact) mass is 253 g/mol. The highest BCUT2D eigenvalue weighted by Gasteiger charge is 2.05. The van der Waals surface area contributed by atoms with E-state index in [1.165, 1.54) is 6.42 Å². The van der Waals surface area contributed by atoms with Crippen LogP contribution in [0.4, 0.5) is 5.95 Å². The van der Waals surface area contributed by atoms with E-state index in [2.05, 4.69) is 42.1 Å². The zero-order chi connectivity index (χ0) is 12.7. The Morgan fingerprint density at radius 2 is 2.12 bits per heavy atom. The van der Waals surface area contributed by atoms with Crippen molar-refractivity contribution in [2.45, 2.75) is 45.6 Å². The number of hydrogen-bond acceptors (Lipinski definition) is 4.